The Bertz CT molecular complexity index is 109. The fourth-order valence-corrected chi connectivity index (χ4v) is 1.60. The van der Waals surface area contributed by atoms with E-state index in [0.717, 1.165) is 31.0 Å². The first-order valence-corrected chi connectivity index (χ1v) is 6.89. The molecule has 0 aromatic rings. The first-order valence-electron chi connectivity index (χ1n) is 3.77. The predicted molar refractivity (Wildman–Crippen MR) is 54.8 cm³/mol. The second-order valence-electron chi connectivity index (χ2n) is 2.37. The Labute approximate surface area is 76.0 Å². The summed E-state index contributed by atoms with van der Waals surface area (Å²) in [7, 11) is -0.618. The number of hydrogen-bond donors (Lipinski definition) is 1. The van der Waals surface area contributed by atoms with E-state index in [4.69, 9.17) is 0 Å². The van der Waals surface area contributed by atoms with Gasteiger partial charge in [-0.2, -0.15) is 11.8 Å². The Morgan fingerprint density at radius 3 is 2.73 bits per heavy atom. The molecule has 0 saturated heterocycles. The van der Waals surface area contributed by atoms with Gasteiger partial charge in [-0.25, -0.2) is 0 Å². The molecule has 2 nitrogen and oxygen atoms in total. The van der Waals surface area contributed by atoms with Gasteiger partial charge in [-0.05, 0) is 19.2 Å². The van der Waals surface area contributed by atoms with Crippen LogP contribution in [0.2, 0.25) is 0 Å². The summed E-state index contributed by atoms with van der Waals surface area (Å²) >= 11 is 1.84. The lowest BCUT2D eigenvalue weighted by molar-refractivity contribution is 0.674. The van der Waals surface area contributed by atoms with Gasteiger partial charge in [0.1, 0.15) is 0 Å². The smallest absolute Gasteiger partial charge is 0.0244 e. The number of nitrogens with one attached hydrogen (secondary N) is 1. The van der Waals surface area contributed by atoms with Gasteiger partial charge in [-0.1, -0.05) is 0 Å². The Morgan fingerprint density at radius 2 is 2.18 bits per heavy atom. The first-order chi connectivity index (χ1) is 5.27. The van der Waals surface area contributed by atoms with Crippen LogP contribution in [0.15, 0.2) is 0 Å². The van der Waals surface area contributed by atoms with E-state index in [0.29, 0.717) is 0 Å². The minimum Gasteiger partial charge on any atom is -0.316 e. The molecule has 0 aromatic heterocycles. The Balaban J connectivity index is 2.85. The summed E-state index contributed by atoms with van der Waals surface area (Å²) in [6, 6.07) is 0. The average Bonchev–Trinajstić information content (AvgIpc) is 1.96. The lowest BCUT2D eigenvalue weighted by atomic mass is 10.5. The quantitative estimate of drug-likeness (QED) is 0.607. The zero-order valence-electron chi connectivity index (χ0n) is 7.26. The van der Waals surface area contributed by atoms with E-state index in [1.807, 2.05) is 11.8 Å². The summed E-state index contributed by atoms with van der Waals surface area (Å²) in [4.78, 5) is 0. The molecule has 68 valence electrons. The molecule has 1 unspecified atom stereocenters. The third-order valence-corrected chi connectivity index (χ3v) is 2.74. The fraction of sp³-hybridized carbons (Fsp3) is 1.00. The summed E-state index contributed by atoms with van der Waals surface area (Å²) in [6.45, 7) is 2.07. The molecular weight excluding hydrogens is 178 g/mol. The molecule has 0 spiro atoms. The molecule has 0 saturated carbocycles. The van der Waals surface area contributed by atoms with Crippen molar-refractivity contribution in [1.82, 2.24) is 5.32 Å². The van der Waals surface area contributed by atoms with E-state index in [1.54, 1.807) is 6.26 Å². The van der Waals surface area contributed by atoms with Crippen LogP contribution in [0.5, 0.6) is 0 Å². The minimum atomic E-state index is -0.618. The number of rotatable bonds is 7. The molecule has 1 atom stereocenters. The van der Waals surface area contributed by atoms with Gasteiger partial charge in [-0.3, -0.25) is 4.21 Å². The minimum absolute atomic E-state index is 0.618. The molecule has 11 heavy (non-hydrogen) atoms. The maximum absolute atomic E-state index is 10.6. The fourth-order valence-electron chi connectivity index (χ4n) is 0.700. The van der Waals surface area contributed by atoms with Crippen LogP contribution in [0, 0.1) is 0 Å². The van der Waals surface area contributed by atoms with E-state index < -0.39 is 10.8 Å². The van der Waals surface area contributed by atoms with Crippen LogP contribution in [-0.4, -0.2) is 41.3 Å². The van der Waals surface area contributed by atoms with Gasteiger partial charge in [0, 0.05) is 35.1 Å². The van der Waals surface area contributed by atoms with Crippen LogP contribution >= 0.6 is 11.8 Å². The second-order valence-corrected chi connectivity index (χ2v) is 4.91. The zero-order valence-corrected chi connectivity index (χ0v) is 8.89. The second kappa shape index (κ2) is 8.56. The van der Waals surface area contributed by atoms with E-state index in [2.05, 4.69) is 11.6 Å². The van der Waals surface area contributed by atoms with Crippen LogP contribution in [0.25, 0.3) is 0 Å². The van der Waals surface area contributed by atoms with Gasteiger partial charge in [0.05, 0.1) is 0 Å². The van der Waals surface area contributed by atoms with Gasteiger partial charge in [0.25, 0.3) is 0 Å². The number of hydrogen-bond acceptors (Lipinski definition) is 3. The van der Waals surface area contributed by atoms with Gasteiger partial charge in [0.2, 0.25) is 0 Å². The van der Waals surface area contributed by atoms with Gasteiger partial charge in [-0.15, -0.1) is 0 Å². The standard InChI is InChI=1S/C7H17NOS2/c1-10-6-5-8-4-3-7-11(2)9/h8H,3-7H2,1-2H3. The van der Waals surface area contributed by atoms with Crippen molar-refractivity contribution in [3.63, 3.8) is 0 Å². The number of thioether (sulfide) groups is 1. The van der Waals surface area contributed by atoms with Crippen molar-refractivity contribution < 1.29 is 4.21 Å². The molecule has 0 amide bonds. The van der Waals surface area contributed by atoms with E-state index >= 15 is 0 Å². The average molecular weight is 195 g/mol. The topological polar surface area (TPSA) is 29.1 Å². The summed E-state index contributed by atoms with van der Waals surface area (Å²) in [5, 5.41) is 3.29. The van der Waals surface area contributed by atoms with Gasteiger partial charge < -0.3 is 5.32 Å². The van der Waals surface area contributed by atoms with Crippen molar-refractivity contribution in [2.24, 2.45) is 0 Å². The molecule has 0 rings (SSSR count). The van der Waals surface area contributed by atoms with Crippen LogP contribution in [0.3, 0.4) is 0 Å². The molecule has 0 heterocycles. The molecule has 0 aromatic carbocycles. The maximum Gasteiger partial charge on any atom is 0.0244 e. The molecule has 4 heteroatoms. The van der Waals surface area contributed by atoms with E-state index in [-0.39, 0.29) is 0 Å². The highest BCUT2D eigenvalue weighted by molar-refractivity contribution is 7.98. The van der Waals surface area contributed by atoms with Crippen LogP contribution in [0.4, 0.5) is 0 Å². The zero-order chi connectivity index (χ0) is 8.53. The van der Waals surface area contributed by atoms with Crippen molar-refractivity contribution in [2.75, 3.05) is 37.1 Å². The summed E-state index contributed by atoms with van der Waals surface area (Å²) in [5.41, 5.74) is 0. The Hall–Kier alpha value is 0.460. The van der Waals surface area contributed by atoms with Crippen molar-refractivity contribution in [1.29, 1.82) is 0 Å². The molecule has 0 aliphatic rings. The van der Waals surface area contributed by atoms with Crippen LogP contribution < -0.4 is 5.32 Å². The molecular formula is C7H17NOS2. The van der Waals surface area contributed by atoms with Crippen molar-refractivity contribution in [2.45, 2.75) is 6.42 Å². The van der Waals surface area contributed by atoms with Crippen LogP contribution in [-0.2, 0) is 10.8 Å². The maximum atomic E-state index is 10.6. The molecule has 0 fully saturated rings. The molecule has 0 aliphatic heterocycles. The molecule has 0 bridgehead atoms. The van der Waals surface area contributed by atoms with Crippen molar-refractivity contribution in [3.8, 4) is 0 Å². The van der Waals surface area contributed by atoms with Crippen molar-refractivity contribution in [3.05, 3.63) is 0 Å². The SMILES string of the molecule is CSCCNCCCS(C)=O. The summed E-state index contributed by atoms with van der Waals surface area (Å²) in [6.07, 6.45) is 4.88. The summed E-state index contributed by atoms with van der Waals surface area (Å²) in [5.74, 6) is 1.99. The highest BCUT2D eigenvalue weighted by Crippen LogP contribution is 1.87. The van der Waals surface area contributed by atoms with Crippen molar-refractivity contribution >= 4 is 22.6 Å². The predicted octanol–water partition coefficient (Wildman–Crippen LogP) is 0.708. The van der Waals surface area contributed by atoms with Gasteiger partial charge in [0.15, 0.2) is 0 Å². The Kier molecular flexibility index (Phi) is 8.91. The monoisotopic (exact) mass is 195 g/mol. The van der Waals surface area contributed by atoms with E-state index in [1.165, 1.54) is 0 Å². The van der Waals surface area contributed by atoms with Gasteiger partial charge >= 0.3 is 0 Å². The molecule has 0 radical (unpaired) electrons. The third-order valence-electron chi connectivity index (χ3n) is 1.27. The first kappa shape index (κ1) is 11.5. The molecule has 1 N–H and O–H groups in total. The lowest BCUT2D eigenvalue weighted by Gasteiger charge is -2.01. The Morgan fingerprint density at radius 1 is 1.45 bits per heavy atom. The normalized spacial score (nSPS) is 13.3. The van der Waals surface area contributed by atoms with Crippen LogP contribution in [0.1, 0.15) is 6.42 Å². The third kappa shape index (κ3) is 10.5. The molecule has 0 aliphatic carbocycles. The largest absolute Gasteiger partial charge is 0.316 e. The van der Waals surface area contributed by atoms with E-state index in [9.17, 15) is 4.21 Å². The highest BCUT2D eigenvalue weighted by atomic mass is 32.2. The summed E-state index contributed by atoms with van der Waals surface area (Å²) < 4.78 is 10.6. The lowest BCUT2D eigenvalue weighted by Crippen LogP contribution is -2.19. The highest BCUT2D eigenvalue weighted by Gasteiger charge is 1.90.